The Balaban J connectivity index is 0.00000210. The third-order valence-corrected chi connectivity index (χ3v) is 7.75. The maximum Gasteiger partial charge on any atom is 0.268 e. The highest BCUT2D eigenvalue weighted by atomic mass is 35.5. The molecule has 2 saturated heterocycles. The van der Waals surface area contributed by atoms with E-state index in [9.17, 15) is 18.0 Å². The molecule has 148 valence electrons. The Hall–Kier alpha value is -1.64. The molecule has 0 bridgehead atoms. The van der Waals surface area contributed by atoms with Crippen molar-refractivity contribution < 1.29 is 18.0 Å². The van der Waals surface area contributed by atoms with E-state index in [-0.39, 0.29) is 35.3 Å². The molecule has 2 fully saturated rings. The van der Waals surface area contributed by atoms with Crippen LogP contribution in [-0.2, 0) is 10.0 Å². The second-order valence-electron chi connectivity index (χ2n) is 7.23. The fourth-order valence-electron chi connectivity index (χ4n) is 4.33. The summed E-state index contributed by atoms with van der Waals surface area (Å²) < 4.78 is 25.9. The number of benzene rings is 1. The second kappa shape index (κ2) is 7.41. The zero-order chi connectivity index (χ0) is 18.5. The van der Waals surface area contributed by atoms with E-state index in [1.165, 1.54) is 12.1 Å². The largest absolute Gasteiger partial charge is 0.339 e. The Morgan fingerprint density at radius 1 is 1.19 bits per heavy atom. The van der Waals surface area contributed by atoms with Crippen molar-refractivity contribution in [3.05, 3.63) is 29.3 Å². The lowest BCUT2D eigenvalue weighted by Crippen LogP contribution is -2.32. The minimum absolute atomic E-state index is 0. The van der Waals surface area contributed by atoms with Crippen molar-refractivity contribution in [1.82, 2.24) is 14.5 Å². The summed E-state index contributed by atoms with van der Waals surface area (Å²) in [5, 5.41) is 3.41. The summed E-state index contributed by atoms with van der Waals surface area (Å²) in [7, 11) is -3.85. The summed E-state index contributed by atoms with van der Waals surface area (Å²) in [4.78, 5) is 26.9. The number of nitrogens with zero attached hydrogens (tertiary/aromatic N) is 2. The number of fused-ring (bicyclic) bond motifs is 2. The van der Waals surface area contributed by atoms with E-state index < -0.39 is 15.9 Å². The fourth-order valence-corrected chi connectivity index (χ4v) is 5.93. The Bertz CT molecular complexity index is 859. The van der Waals surface area contributed by atoms with Crippen LogP contribution in [0.25, 0.3) is 0 Å². The van der Waals surface area contributed by atoms with Crippen molar-refractivity contribution in [2.75, 3.05) is 32.7 Å². The van der Waals surface area contributed by atoms with Crippen LogP contribution in [0, 0.1) is 11.8 Å². The third-order valence-electron chi connectivity index (χ3n) is 5.85. The monoisotopic (exact) mass is 413 g/mol. The van der Waals surface area contributed by atoms with Gasteiger partial charge < -0.3 is 10.2 Å². The van der Waals surface area contributed by atoms with Gasteiger partial charge in [0.15, 0.2) is 0 Å². The van der Waals surface area contributed by atoms with Crippen molar-refractivity contribution >= 4 is 34.2 Å². The van der Waals surface area contributed by atoms with Crippen LogP contribution >= 0.6 is 12.4 Å². The molecule has 1 N–H and O–H groups in total. The minimum Gasteiger partial charge on any atom is -0.339 e. The maximum atomic E-state index is 12.9. The molecule has 0 unspecified atom stereocenters. The molecule has 27 heavy (non-hydrogen) atoms. The molecule has 0 spiro atoms. The molecular weight excluding hydrogens is 390 g/mol. The van der Waals surface area contributed by atoms with E-state index in [1.54, 1.807) is 13.0 Å². The van der Waals surface area contributed by atoms with Crippen molar-refractivity contribution in [2.24, 2.45) is 11.8 Å². The number of halogens is 1. The number of nitrogens with one attached hydrogen (secondary N) is 1. The predicted molar refractivity (Wildman–Crippen MR) is 103 cm³/mol. The first-order valence-corrected chi connectivity index (χ1v) is 10.6. The summed E-state index contributed by atoms with van der Waals surface area (Å²) in [6.07, 6.45) is 1.93. The molecule has 3 aliphatic rings. The summed E-state index contributed by atoms with van der Waals surface area (Å²) in [5.74, 6) is 0.558. The minimum atomic E-state index is -3.85. The highest BCUT2D eigenvalue weighted by Gasteiger charge is 2.41. The highest BCUT2D eigenvalue weighted by molar-refractivity contribution is 7.90. The SMILES string of the molecule is CCN1C(=O)c2ccc(C(=O)N3CC[C@@H]4CNC[C@@H]4CC3)cc2S1(=O)=O.Cl. The molecule has 2 atom stereocenters. The Labute approximate surface area is 165 Å². The molecule has 2 amide bonds. The van der Waals surface area contributed by atoms with Gasteiger partial charge in [0.1, 0.15) is 4.90 Å². The first kappa shape index (κ1) is 20.1. The summed E-state index contributed by atoms with van der Waals surface area (Å²) in [5.41, 5.74) is 0.489. The lowest BCUT2D eigenvalue weighted by Gasteiger charge is -2.21. The average molecular weight is 414 g/mol. The number of sulfonamides is 1. The van der Waals surface area contributed by atoms with Gasteiger partial charge in [0.25, 0.3) is 21.8 Å². The molecule has 1 aromatic carbocycles. The standard InChI is InChI=1S/C18H23N3O4S.ClH/c1-2-21-18(23)15-4-3-12(9-16(15)26(21,24)25)17(22)20-7-5-13-10-19-11-14(13)6-8-20;/h3-4,9,13-14,19H,2,5-8,10-11H2,1H3;1H/t13-,14+;. The normalized spacial score (nSPS) is 26.2. The van der Waals surface area contributed by atoms with Crippen LogP contribution in [0.2, 0.25) is 0 Å². The Kier molecular flexibility index (Phi) is 5.52. The number of rotatable bonds is 2. The molecule has 0 radical (unpaired) electrons. The van der Waals surface area contributed by atoms with Gasteiger partial charge >= 0.3 is 0 Å². The van der Waals surface area contributed by atoms with Gasteiger partial charge in [-0.3, -0.25) is 9.59 Å². The van der Waals surface area contributed by atoms with Gasteiger partial charge in [-0.2, -0.15) is 0 Å². The number of carbonyl (C=O) groups excluding carboxylic acids is 2. The van der Waals surface area contributed by atoms with Crippen molar-refractivity contribution in [1.29, 1.82) is 0 Å². The van der Waals surface area contributed by atoms with Gasteiger partial charge in [0, 0.05) is 25.2 Å². The van der Waals surface area contributed by atoms with E-state index >= 15 is 0 Å². The molecule has 3 heterocycles. The molecule has 0 saturated carbocycles. The van der Waals surface area contributed by atoms with Crippen LogP contribution in [0.4, 0.5) is 0 Å². The molecule has 0 aromatic heterocycles. The van der Waals surface area contributed by atoms with Gasteiger partial charge in [-0.25, -0.2) is 12.7 Å². The van der Waals surface area contributed by atoms with Crippen LogP contribution in [0.5, 0.6) is 0 Å². The Morgan fingerprint density at radius 3 is 2.41 bits per heavy atom. The number of hydrogen-bond donors (Lipinski definition) is 1. The van der Waals surface area contributed by atoms with Gasteiger partial charge in [-0.15, -0.1) is 12.4 Å². The second-order valence-corrected chi connectivity index (χ2v) is 9.06. The van der Waals surface area contributed by atoms with Crippen LogP contribution in [0.1, 0.15) is 40.5 Å². The van der Waals surface area contributed by atoms with Gasteiger partial charge in [-0.1, -0.05) is 0 Å². The number of carbonyl (C=O) groups is 2. The van der Waals surface area contributed by atoms with E-state index in [1.807, 2.05) is 4.90 Å². The first-order valence-electron chi connectivity index (χ1n) is 9.14. The smallest absolute Gasteiger partial charge is 0.268 e. The van der Waals surface area contributed by atoms with Gasteiger partial charge in [0.2, 0.25) is 0 Å². The molecule has 4 rings (SSSR count). The van der Waals surface area contributed by atoms with Crippen LogP contribution < -0.4 is 5.32 Å². The zero-order valence-corrected chi connectivity index (χ0v) is 16.8. The lowest BCUT2D eigenvalue weighted by atomic mass is 9.92. The van der Waals surface area contributed by atoms with Crippen LogP contribution in [-0.4, -0.2) is 62.2 Å². The van der Waals surface area contributed by atoms with Gasteiger partial charge in [0.05, 0.1) is 5.56 Å². The molecule has 3 aliphatic heterocycles. The topological polar surface area (TPSA) is 86.8 Å². The third kappa shape index (κ3) is 3.23. The summed E-state index contributed by atoms with van der Waals surface area (Å²) in [6, 6.07) is 4.41. The van der Waals surface area contributed by atoms with E-state index in [0.29, 0.717) is 30.5 Å². The Morgan fingerprint density at radius 2 is 1.81 bits per heavy atom. The maximum absolute atomic E-state index is 12.9. The molecule has 7 nitrogen and oxygen atoms in total. The molecule has 1 aromatic rings. The van der Waals surface area contributed by atoms with E-state index in [0.717, 1.165) is 30.2 Å². The molecular formula is C18H24ClN3O4S. The lowest BCUT2D eigenvalue weighted by molar-refractivity contribution is 0.0757. The number of likely N-dealkylation sites (tertiary alicyclic amines) is 1. The quantitative estimate of drug-likeness (QED) is 0.790. The van der Waals surface area contributed by atoms with Crippen molar-refractivity contribution in [2.45, 2.75) is 24.7 Å². The first-order chi connectivity index (χ1) is 12.4. The highest BCUT2D eigenvalue weighted by Crippen LogP contribution is 2.32. The van der Waals surface area contributed by atoms with Crippen LogP contribution in [0.3, 0.4) is 0 Å². The summed E-state index contributed by atoms with van der Waals surface area (Å²) >= 11 is 0. The van der Waals surface area contributed by atoms with E-state index in [4.69, 9.17) is 0 Å². The van der Waals surface area contributed by atoms with Crippen LogP contribution in [0.15, 0.2) is 23.1 Å². The van der Waals surface area contributed by atoms with E-state index in [2.05, 4.69) is 5.32 Å². The number of amides is 2. The van der Waals surface area contributed by atoms with Crippen molar-refractivity contribution in [3.8, 4) is 0 Å². The summed E-state index contributed by atoms with van der Waals surface area (Å²) in [6.45, 7) is 5.10. The fraction of sp³-hybridized carbons (Fsp3) is 0.556. The average Bonchev–Trinajstić information content (AvgIpc) is 3.07. The molecule has 9 heteroatoms. The number of hydrogen-bond acceptors (Lipinski definition) is 5. The zero-order valence-electron chi connectivity index (χ0n) is 15.2. The molecule has 0 aliphatic carbocycles. The van der Waals surface area contributed by atoms with Gasteiger partial charge in [-0.05, 0) is 62.9 Å². The predicted octanol–water partition coefficient (Wildman–Crippen LogP) is 1.34. The van der Waals surface area contributed by atoms with Crippen molar-refractivity contribution in [3.63, 3.8) is 0 Å².